The van der Waals surface area contributed by atoms with Crippen molar-refractivity contribution in [2.75, 3.05) is 13.6 Å². The minimum atomic E-state index is 0.573. The van der Waals surface area contributed by atoms with Crippen molar-refractivity contribution in [1.82, 2.24) is 9.88 Å². The van der Waals surface area contributed by atoms with E-state index in [9.17, 15) is 0 Å². The van der Waals surface area contributed by atoms with Crippen molar-refractivity contribution in [1.29, 1.82) is 0 Å². The lowest BCUT2D eigenvalue weighted by molar-refractivity contribution is 0.337. The number of aromatic nitrogens is 1. The first-order valence-corrected chi connectivity index (χ1v) is 5.36. The van der Waals surface area contributed by atoms with Gasteiger partial charge in [0.15, 0.2) is 0 Å². The van der Waals surface area contributed by atoms with Crippen LogP contribution in [0.25, 0.3) is 0 Å². The van der Waals surface area contributed by atoms with Gasteiger partial charge in [0.05, 0.1) is 4.99 Å². The van der Waals surface area contributed by atoms with E-state index in [1.807, 2.05) is 19.3 Å². The molecule has 0 aromatic carbocycles. The second-order valence-corrected chi connectivity index (χ2v) is 4.35. The maximum absolute atomic E-state index is 5.45. The summed E-state index contributed by atoms with van der Waals surface area (Å²) in [5.74, 6) is 0. The number of thiocarbonyl (C=S) groups is 1. The molecular formula is C11H17N3S. The Morgan fingerprint density at radius 3 is 2.87 bits per heavy atom. The van der Waals surface area contributed by atoms with E-state index >= 15 is 0 Å². The standard InChI is InChI=1S/C11H17N3S/c1-9-5-10(7-13-6-9)8-14(2)4-3-11(12)15/h5-7H,3-4,8H2,1-2H3,(H2,12,15). The van der Waals surface area contributed by atoms with Gasteiger partial charge in [-0.3, -0.25) is 4.98 Å². The number of hydrogen-bond donors (Lipinski definition) is 1. The zero-order valence-electron chi connectivity index (χ0n) is 9.23. The summed E-state index contributed by atoms with van der Waals surface area (Å²) in [6.45, 7) is 3.83. The van der Waals surface area contributed by atoms with Gasteiger partial charge in [0.2, 0.25) is 0 Å². The van der Waals surface area contributed by atoms with Gasteiger partial charge in [0.1, 0.15) is 0 Å². The Morgan fingerprint density at radius 2 is 2.27 bits per heavy atom. The smallest absolute Gasteiger partial charge is 0.0740 e. The molecule has 0 atom stereocenters. The fourth-order valence-electron chi connectivity index (χ4n) is 1.40. The quantitative estimate of drug-likeness (QED) is 0.768. The highest BCUT2D eigenvalue weighted by Gasteiger charge is 2.01. The Kier molecular flexibility index (Phi) is 4.65. The van der Waals surface area contributed by atoms with Crippen LogP contribution in [0.1, 0.15) is 17.5 Å². The molecule has 0 saturated heterocycles. The largest absolute Gasteiger partial charge is 0.393 e. The average molecular weight is 223 g/mol. The average Bonchev–Trinajstić information content (AvgIpc) is 2.15. The summed E-state index contributed by atoms with van der Waals surface area (Å²) in [6.07, 6.45) is 4.52. The van der Waals surface area contributed by atoms with Crippen molar-refractivity contribution in [3.05, 3.63) is 29.6 Å². The van der Waals surface area contributed by atoms with Crippen molar-refractivity contribution in [3.63, 3.8) is 0 Å². The van der Waals surface area contributed by atoms with Gasteiger partial charge in [-0.2, -0.15) is 0 Å². The Morgan fingerprint density at radius 1 is 1.53 bits per heavy atom. The second-order valence-electron chi connectivity index (χ2n) is 3.82. The van der Waals surface area contributed by atoms with Crippen LogP contribution in [-0.4, -0.2) is 28.5 Å². The molecule has 0 aliphatic rings. The molecule has 0 bridgehead atoms. The van der Waals surface area contributed by atoms with Crippen LogP contribution in [0.15, 0.2) is 18.5 Å². The number of rotatable bonds is 5. The monoisotopic (exact) mass is 223 g/mol. The summed E-state index contributed by atoms with van der Waals surface area (Å²) in [4.78, 5) is 6.92. The van der Waals surface area contributed by atoms with Crippen LogP contribution in [0.4, 0.5) is 0 Å². The lowest BCUT2D eigenvalue weighted by Crippen LogP contribution is -2.23. The first-order valence-electron chi connectivity index (χ1n) is 4.95. The third kappa shape index (κ3) is 4.85. The molecule has 82 valence electrons. The molecule has 0 unspecified atom stereocenters. The van der Waals surface area contributed by atoms with E-state index in [1.54, 1.807) is 0 Å². The van der Waals surface area contributed by atoms with E-state index in [1.165, 1.54) is 11.1 Å². The van der Waals surface area contributed by atoms with Gasteiger partial charge in [-0.1, -0.05) is 18.3 Å². The van der Waals surface area contributed by atoms with Gasteiger partial charge in [-0.25, -0.2) is 0 Å². The fraction of sp³-hybridized carbons (Fsp3) is 0.455. The number of hydrogen-bond acceptors (Lipinski definition) is 3. The summed E-state index contributed by atoms with van der Waals surface area (Å²) in [5.41, 5.74) is 7.86. The molecule has 1 rings (SSSR count). The maximum atomic E-state index is 5.45. The number of nitrogens with two attached hydrogens (primary N) is 1. The molecule has 1 aromatic heterocycles. The van der Waals surface area contributed by atoms with Gasteiger partial charge >= 0.3 is 0 Å². The lowest BCUT2D eigenvalue weighted by Gasteiger charge is -2.16. The molecule has 2 N–H and O–H groups in total. The van der Waals surface area contributed by atoms with Crippen LogP contribution in [0, 0.1) is 6.92 Å². The molecule has 3 nitrogen and oxygen atoms in total. The van der Waals surface area contributed by atoms with E-state index in [4.69, 9.17) is 18.0 Å². The predicted molar refractivity (Wildman–Crippen MR) is 66.7 cm³/mol. The van der Waals surface area contributed by atoms with Crippen LogP contribution >= 0.6 is 12.2 Å². The zero-order chi connectivity index (χ0) is 11.3. The highest BCUT2D eigenvalue weighted by atomic mass is 32.1. The molecule has 4 heteroatoms. The molecule has 0 radical (unpaired) electrons. The second kappa shape index (κ2) is 5.78. The number of nitrogens with zero attached hydrogens (tertiary/aromatic N) is 2. The molecule has 15 heavy (non-hydrogen) atoms. The summed E-state index contributed by atoms with van der Waals surface area (Å²) < 4.78 is 0. The first kappa shape index (κ1) is 12.1. The van der Waals surface area contributed by atoms with E-state index in [0.717, 1.165) is 19.5 Å². The molecule has 1 heterocycles. The molecule has 0 spiro atoms. The van der Waals surface area contributed by atoms with E-state index in [-0.39, 0.29) is 0 Å². The summed E-state index contributed by atoms with van der Waals surface area (Å²) in [5, 5.41) is 0. The van der Waals surface area contributed by atoms with Crippen molar-refractivity contribution < 1.29 is 0 Å². The van der Waals surface area contributed by atoms with E-state index in [2.05, 4.69) is 23.0 Å². The van der Waals surface area contributed by atoms with Gasteiger partial charge < -0.3 is 10.6 Å². The van der Waals surface area contributed by atoms with Crippen LogP contribution in [0.5, 0.6) is 0 Å². The van der Waals surface area contributed by atoms with E-state index in [0.29, 0.717) is 4.99 Å². The van der Waals surface area contributed by atoms with Gasteiger partial charge in [-0.15, -0.1) is 0 Å². The normalized spacial score (nSPS) is 10.6. The minimum absolute atomic E-state index is 0.573. The Labute approximate surface area is 96.3 Å². The van der Waals surface area contributed by atoms with Crippen molar-refractivity contribution in [2.45, 2.75) is 19.9 Å². The summed E-state index contributed by atoms with van der Waals surface area (Å²) in [6, 6.07) is 2.14. The Hall–Kier alpha value is -1.00. The fourth-order valence-corrected chi connectivity index (χ4v) is 1.49. The zero-order valence-corrected chi connectivity index (χ0v) is 10.0. The van der Waals surface area contributed by atoms with Crippen LogP contribution < -0.4 is 5.73 Å². The molecule has 0 saturated carbocycles. The van der Waals surface area contributed by atoms with Gasteiger partial charge in [-0.05, 0) is 25.1 Å². The lowest BCUT2D eigenvalue weighted by atomic mass is 10.2. The van der Waals surface area contributed by atoms with Gasteiger partial charge in [0, 0.05) is 31.9 Å². The van der Waals surface area contributed by atoms with Crippen LogP contribution in [0.2, 0.25) is 0 Å². The van der Waals surface area contributed by atoms with Crippen molar-refractivity contribution in [3.8, 4) is 0 Å². The third-order valence-electron chi connectivity index (χ3n) is 2.12. The molecule has 0 fully saturated rings. The topological polar surface area (TPSA) is 42.2 Å². The minimum Gasteiger partial charge on any atom is -0.393 e. The van der Waals surface area contributed by atoms with Crippen LogP contribution in [-0.2, 0) is 6.54 Å². The summed E-state index contributed by atoms with van der Waals surface area (Å²) >= 11 is 4.84. The number of pyridine rings is 1. The Balaban J connectivity index is 2.44. The predicted octanol–water partition coefficient (Wildman–Crippen LogP) is 1.50. The highest BCUT2D eigenvalue weighted by molar-refractivity contribution is 7.80. The molecule has 0 amide bonds. The molecule has 0 aliphatic carbocycles. The maximum Gasteiger partial charge on any atom is 0.0740 e. The SMILES string of the molecule is Cc1cncc(CN(C)CCC(N)=S)c1. The number of aryl methyl sites for hydroxylation is 1. The highest BCUT2D eigenvalue weighted by Crippen LogP contribution is 2.04. The van der Waals surface area contributed by atoms with E-state index < -0.39 is 0 Å². The first-order chi connectivity index (χ1) is 7.08. The Bertz CT molecular complexity index is 338. The van der Waals surface area contributed by atoms with Crippen LogP contribution in [0.3, 0.4) is 0 Å². The summed E-state index contributed by atoms with van der Waals surface area (Å²) in [7, 11) is 2.06. The molecule has 0 aliphatic heterocycles. The van der Waals surface area contributed by atoms with Crippen molar-refractivity contribution in [2.24, 2.45) is 5.73 Å². The molecular weight excluding hydrogens is 206 g/mol. The molecule has 1 aromatic rings. The van der Waals surface area contributed by atoms with Crippen molar-refractivity contribution >= 4 is 17.2 Å². The van der Waals surface area contributed by atoms with Gasteiger partial charge in [0.25, 0.3) is 0 Å². The third-order valence-corrected chi connectivity index (χ3v) is 2.33.